The lowest BCUT2D eigenvalue weighted by Crippen LogP contribution is -2.65. The van der Waals surface area contributed by atoms with Crippen molar-refractivity contribution in [2.24, 2.45) is 5.73 Å². The molecule has 1 heterocycles. The van der Waals surface area contributed by atoms with Crippen molar-refractivity contribution in [2.75, 3.05) is 32.7 Å². The summed E-state index contributed by atoms with van der Waals surface area (Å²) in [6, 6.07) is 22.6. The normalized spacial score (nSPS) is 16.1. The van der Waals surface area contributed by atoms with Gasteiger partial charge in [-0.25, -0.2) is 18.1 Å². The highest BCUT2D eigenvalue weighted by atomic mass is 19.1. The molecule has 0 unspecified atom stereocenters. The van der Waals surface area contributed by atoms with Gasteiger partial charge in [0.15, 0.2) is 0 Å². The number of primary amides is 1. The van der Waals surface area contributed by atoms with E-state index in [1.54, 1.807) is 0 Å². The number of halogens is 2. The lowest BCUT2D eigenvalue weighted by Gasteiger charge is -2.41. The molecule has 0 radical (unpaired) electrons. The van der Waals surface area contributed by atoms with Crippen molar-refractivity contribution in [3.63, 3.8) is 0 Å². The fraction of sp³-hybridized carbons (Fsp3) is 0.296. The highest BCUT2D eigenvalue weighted by molar-refractivity contribution is 5.85. The van der Waals surface area contributed by atoms with Crippen LogP contribution in [0.1, 0.15) is 29.9 Å². The number of rotatable bonds is 7. The molecule has 2 amide bonds. The predicted molar refractivity (Wildman–Crippen MR) is 128 cm³/mol. The molecular weight excluding hydrogens is 420 g/mol. The summed E-state index contributed by atoms with van der Waals surface area (Å²) in [5, 5.41) is 0. The van der Waals surface area contributed by atoms with Crippen molar-refractivity contribution < 1.29 is 13.6 Å². The second kappa shape index (κ2) is 10.2. The molecule has 3 aromatic carbocycles. The minimum Gasteiger partial charge on any atom is -0.319 e. The average Bonchev–Trinajstić information content (AvgIpc) is 2.84. The number of quaternary nitrogens is 1. The fourth-order valence-corrected chi connectivity index (χ4v) is 4.83. The Morgan fingerprint density at radius 1 is 0.848 bits per heavy atom. The smallest absolute Gasteiger partial charge is 0.319 e. The Kier molecular flexibility index (Phi) is 7.16. The Bertz CT molecular complexity index is 1000. The third-order valence-electron chi connectivity index (χ3n) is 6.78. The third-order valence-corrected chi connectivity index (χ3v) is 6.78. The molecule has 0 bridgehead atoms. The van der Waals surface area contributed by atoms with Crippen LogP contribution in [0.3, 0.4) is 0 Å². The highest BCUT2D eigenvalue weighted by Crippen LogP contribution is 2.30. The molecule has 3 aromatic rings. The maximum atomic E-state index is 13.5. The Morgan fingerprint density at radius 3 is 1.85 bits per heavy atom. The van der Waals surface area contributed by atoms with Crippen molar-refractivity contribution >= 4 is 11.7 Å². The van der Waals surface area contributed by atoms with Crippen LogP contribution in [0.4, 0.5) is 19.3 Å². The van der Waals surface area contributed by atoms with Gasteiger partial charge in [-0.2, -0.15) is 0 Å². The lowest BCUT2D eigenvalue weighted by molar-refractivity contribution is 0.144. The summed E-state index contributed by atoms with van der Waals surface area (Å²) in [6.07, 6.45) is 1.80. The first-order valence-corrected chi connectivity index (χ1v) is 11.4. The van der Waals surface area contributed by atoms with Crippen molar-refractivity contribution in [3.8, 4) is 0 Å². The van der Waals surface area contributed by atoms with E-state index < -0.39 is 0 Å². The molecule has 6 heteroatoms. The van der Waals surface area contributed by atoms with Gasteiger partial charge in [0.25, 0.3) is 0 Å². The van der Waals surface area contributed by atoms with E-state index in [1.165, 1.54) is 24.3 Å². The maximum Gasteiger partial charge on any atom is 0.419 e. The highest BCUT2D eigenvalue weighted by Gasteiger charge is 2.40. The Labute approximate surface area is 193 Å². The number of hydrogen-bond acceptors (Lipinski definition) is 2. The number of nitrogens with two attached hydrogens (primary N) is 1. The Morgan fingerprint density at radius 2 is 1.36 bits per heavy atom. The zero-order chi connectivity index (χ0) is 23.3. The van der Waals surface area contributed by atoms with Crippen LogP contribution in [-0.2, 0) is 0 Å². The largest absolute Gasteiger partial charge is 0.419 e. The number of hydrogen-bond donors (Lipinski definition) is 1. The first kappa shape index (κ1) is 23.1. The zero-order valence-corrected chi connectivity index (χ0v) is 18.7. The Hall–Kier alpha value is -3.09. The molecule has 0 spiro atoms. The van der Waals surface area contributed by atoms with Gasteiger partial charge in [0.05, 0.1) is 0 Å². The van der Waals surface area contributed by atoms with E-state index in [0.717, 1.165) is 49.3 Å². The summed E-state index contributed by atoms with van der Waals surface area (Å²) in [4.78, 5) is 14.7. The van der Waals surface area contributed by atoms with E-state index in [9.17, 15) is 13.6 Å². The van der Waals surface area contributed by atoms with Crippen LogP contribution in [0.2, 0.25) is 0 Å². The van der Waals surface area contributed by atoms with Gasteiger partial charge in [0.2, 0.25) is 0 Å². The van der Waals surface area contributed by atoms with Gasteiger partial charge in [-0.3, -0.25) is 4.90 Å². The lowest BCUT2D eigenvalue weighted by atomic mass is 9.87. The van der Waals surface area contributed by atoms with Crippen LogP contribution in [0.25, 0.3) is 0 Å². The van der Waals surface area contributed by atoms with Crippen LogP contribution in [0.5, 0.6) is 0 Å². The van der Waals surface area contributed by atoms with Gasteiger partial charge in [-0.05, 0) is 66.9 Å². The molecule has 1 saturated heterocycles. The van der Waals surface area contributed by atoms with Crippen molar-refractivity contribution in [1.82, 2.24) is 9.38 Å². The second-order valence-electron chi connectivity index (χ2n) is 8.73. The number of nitrogens with zero attached hydrogens (tertiary/aromatic N) is 2. The van der Waals surface area contributed by atoms with Gasteiger partial charge in [0, 0.05) is 19.0 Å². The molecule has 4 nitrogen and oxygen atoms in total. The molecular formula is C27H30F2N3O+. The van der Waals surface area contributed by atoms with E-state index >= 15 is 0 Å². The molecule has 1 aliphatic rings. The average molecular weight is 451 g/mol. The predicted octanol–water partition coefficient (Wildman–Crippen LogP) is 5.28. The third kappa shape index (κ3) is 5.29. The summed E-state index contributed by atoms with van der Waals surface area (Å²) in [6.45, 7) is 3.77. The Balaban J connectivity index is 1.39. The van der Waals surface area contributed by atoms with E-state index in [-0.39, 0.29) is 28.1 Å². The number of piperazine rings is 1. The number of para-hydroxylation sites is 1. The summed E-state index contributed by atoms with van der Waals surface area (Å²) >= 11 is 0. The van der Waals surface area contributed by atoms with Crippen LogP contribution >= 0.6 is 0 Å². The minimum absolute atomic E-state index is 0.0702. The molecule has 172 valence electrons. The van der Waals surface area contributed by atoms with Crippen LogP contribution in [0, 0.1) is 11.6 Å². The first-order chi connectivity index (χ1) is 16.0. The van der Waals surface area contributed by atoms with Gasteiger partial charge in [-0.1, -0.05) is 42.5 Å². The van der Waals surface area contributed by atoms with Crippen LogP contribution in [-0.4, -0.2) is 43.7 Å². The van der Waals surface area contributed by atoms with Gasteiger partial charge >= 0.3 is 6.03 Å². The number of carbonyl (C=O) groups excluding carboxylic acids is 1. The summed E-state index contributed by atoms with van der Waals surface area (Å²) < 4.78 is 27.1. The summed E-state index contributed by atoms with van der Waals surface area (Å²) in [5.74, 6) is -0.459. The van der Waals surface area contributed by atoms with Crippen molar-refractivity contribution in [1.29, 1.82) is 0 Å². The second-order valence-corrected chi connectivity index (χ2v) is 8.73. The molecule has 1 aliphatic heterocycles. The fourth-order valence-electron chi connectivity index (χ4n) is 4.83. The summed E-state index contributed by atoms with van der Waals surface area (Å²) in [5.41, 5.74) is 8.82. The van der Waals surface area contributed by atoms with E-state index in [0.29, 0.717) is 13.1 Å². The quantitative estimate of drug-likeness (QED) is 0.498. The number of urea groups is 1. The minimum atomic E-state index is -0.312. The number of amides is 2. The summed E-state index contributed by atoms with van der Waals surface area (Å²) in [7, 11) is 0. The molecule has 0 saturated carbocycles. The maximum absolute atomic E-state index is 13.5. The van der Waals surface area contributed by atoms with Crippen molar-refractivity contribution in [2.45, 2.75) is 18.8 Å². The van der Waals surface area contributed by atoms with Gasteiger partial charge < -0.3 is 5.73 Å². The van der Waals surface area contributed by atoms with E-state index in [1.807, 2.05) is 54.6 Å². The molecule has 0 atom stereocenters. The van der Waals surface area contributed by atoms with Crippen LogP contribution in [0.15, 0.2) is 78.9 Å². The molecule has 33 heavy (non-hydrogen) atoms. The van der Waals surface area contributed by atoms with E-state index in [2.05, 4.69) is 4.90 Å². The molecule has 4 rings (SSSR count). The molecule has 2 N–H and O–H groups in total. The van der Waals surface area contributed by atoms with Crippen LogP contribution < -0.4 is 10.2 Å². The zero-order valence-electron chi connectivity index (χ0n) is 18.7. The van der Waals surface area contributed by atoms with Gasteiger partial charge in [0.1, 0.15) is 30.4 Å². The van der Waals surface area contributed by atoms with E-state index in [4.69, 9.17) is 5.73 Å². The monoisotopic (exact) mass is 450 g/mol. The van der Waals surface area contributed by atoms with Gasteiger partial charge in [-0.15, -0.1) is 0 Å². The number of benzene rings is 3. The topological polar surface area (TPSA) is 46.3 Å². The first-order valence-electron chi connectivity index (χ1n) is 11.4. The molecule has 0 aromatic heterocycles. The SMILES string of the molecule is NC(=O)[N+]1(c2ccccc2)CCN(CCCC(c2ccc(F)cc2)c2ccc(F)cc2)CC1. The van der Waals surface area contributed by atoms with Crippen molar-refractivity contribution in [3.05, 3.63) is 102 Å². The molecule has 0 aliphatic carbocycles. The molecule has 1 fully saturated rings. The standard InChI is InChI=1S/C27H29F2N3O/c28-23-12-8-21(9-13-23)26(22-10-14-24(29)15-11-22)7-4-16-31-17-19-32(20-18-31,27(30)33)25-5-2-1-3-6-25/h1-3,5-6,8-15,26H,4,7,16-20H2,(H-,30,33)/p+1. The number of carbonyl (C=O) groups is 1.